The topological polar surface area (TPSA) is 257 Å². The number of phosphoric acid groups is 3. The smallest absolute Gasteiger partial charge is 0.386 e. The lowest BCUT2D eigenvalue weighted by Crippen LogP contribution is -2.46. The average molecular weight is 513 g/mol. The molecule has 0 aromatic carbocycles. The number of aromatic nitrogens is 3. The molecule has 0 bridgehead atoms. The summed E-state index contributed by atoms with van der Waals surface area (Å²) in [5, 5.41) is 13.4. The fraction of sp³-hybridized carbons (Fsp3) is 0.500. The van der Waals surface area contributed by atoms with Crippen molar-refractivity contribution in [3.05, 3.63) is 27.0 Å². The van der Waals surface area contributed by atoms with E-state index in [2.05, 4.69) is 18.2 Å². The van der Waals surface area contributed by atoms with Gasteiger partial charge in [0.15, 0.2) is 0 Å². The predicted molar refractivity (Wildman–Crippen MR) is 91.5 cm³/mol. The van der Waals surface area contributed by atoms with E-state index in [0.717, 1.165) is 0 Å². The predicted octanol–water partition coefficient (Wildman–Crippen LogP) is -2.13. The number of terminal acetylenes is 1. The standard InChI is InChI=1S/C10H13FN3O14P3/c1-2-10(11)7(16)5(26-8(10)14-9(17)13-6(15)3-12-14)4-25-30(21,22)28-31(23,24)27-29(18,19)20/h1,3,5,7-8,16H,4H2,(H,21,22)(H,23,24)(H,13,15,17)(H2,18,19,20)/t5-,7+,8-,10?/m1/s1/i4D2. The molecule has 2 heterocycles. The molecule has 2 rings (SSSR count). The van der Waals surface area contributed by atoms with Crippen LogP contribution in [0.25, 0.3) is 0 Å². The number of hydrogen-bond acceptors (Lipinski definition) is 11. The van der Waals surface area contributed by atoms with Crippen molar-refractivity contribution < 1.29 is 63.4 Å². The number of nitrogens with one attached hydrogen (secondary N) is 1. The van der Waals surface area contributed by atoms with Crippen LogP contribution in [0.15, 0.2) is 15.8 Å². The number of ether oxygens (including phenoxy) is 1. The number of nitrogens with zero attached hydrogens (tertiary/aromatic N) is 2. The molecule has 0 amide bonds. The number of H-pyrrole nitrogens is 1. The summed E-state index contributed by atoms with van der Waals surface area (Å²) in [5.74, 6) is 1.40. The summed E-state index contributed by atoms with van der Waals surface area (Å²) in [6.07, 6.45) is -2.35. The lowest BCUT2D eigenvalue weighted by Gasteiger charge is -2.22. The van der Waals surface area contributed by atoms with Crippen molar-refractivity contribution >= 4 is 23.5 Å². The number of aliphatic hydroxyl groups excluding tert-OH is 1. The molecule has 0 saturated carbocycles. The van der Waals surface area contributed by atoms with E-state index in [4.69, 9.17) is 28.6 Å². The number of aromatic amines is 1. The third-order valence-electron chi connectivity index (χ3n) is 3.23. The Kier molecular flexibility index (Phi) is 6.39. The highest BCUT2D eigenvalue weighted by atomic mass is 31.3. The molecule has 1 aromatic heterocycles. The first-order valence-electron chi connectivity index (χ1n) is 8.26. The number of phosphoric ester groups is 1. The SMILES string of the molecule is [2H]C([2H])(OP(=O)(O)OP(=O)(O)OP(=O)(O)O)[C@H]1O[C@@H](n2ncc(=O)[nH]c2=O)C(F)(C#C)[C@H]1O. The van der Waals surface area contributed by atoms with Gasteiger partial charge in [0.2, 0.25) is 11.9 Å². The maximum Gasteiger partial charge on any atom is 0.490 e. The monoisotopic (exact) mass is 513 g/mol. The molecular formula is C10H13FN3O14P3. The zero-order valence-corrected chi connectivity index (χ0v) is 17.1. The van der Waals surface area contributed by atoms with E-state index in [1.165, 1.54) is 5.92 Å². The zero-order chi connectivity index (χ0) is 25.6. The molecule has 0 aliphatic carbocycles. The van der Waals surface area contributed by atoms with Crippen LogP contribution in [0.3, 0.4) is 0 Å². The van der Waals surface area contributed by atoms with Crippen LogP contribution in [-0.2, 0) is 31.6 Å². The Hall–Kier alpha value is -1.57. The van der Waals surface area contributed by atoms with E-state index in [-0.39, 0.29) is 4.68 Å². The van der Waals surface area contributed by atoms with E-state index < -0.39 is 65.4 Å². The number of rotatable bonds is 8. The van der Waals surface area contributed by atoms with Crippen LogP contribution in [0.5, 0.6) is 0 Å². The van der Waals surface area contributed by atoms with Crippen molar-refractivity contribution in [1.29, 1.82) is 0 Å². The Morgan fingerprint density at radius 1 is 1.32 bits per heavy atom. The van der Waals surface area contributed by atoms with Crippen LogP contribution in [0.2, 0.25) is 0 Å². The fourth-order valence-electron chi connectivity index (χ4n) is 2.11. The van der Waals surface area contributed by atoms with Crippen LogP contribution in [-0.4, -0.2) is 63.9 Å². The quantitative estimate of drug-likeness (QED) is 0.160. The van der Waals surface area contributed by atoms with Gasteiger partial charge in [-0.3, -0.25) is 14.3 Å². The summed E-state index contributed by atoms with van der Waals surface area (Å²) in [5.41, 5.74) is -5.89. The molecule has 31 heavy (non-hydrogen) atoms. The molecule has 0 radical (unpaired) electrons. The molecule has 17 nitrogen and oxygen atoms in total. The Balaban J connectivity index is 2.36. The highest BCUT2D eigenvalue weighted by molar-refractivity contribution is 7.66. The van der Waals surface area contributed by atoms with Crippen LogP contribution >= 0.6 is 23.5 Å². The fourth-order valence-corrected chi connectivity index (χ4v) is 4.98. The number of alkyl halides is 1. The van der Waals surface area contributed by atoms with Gasteiger partial charge < -0.3 is 29.4 Å². The maximum atomic E-state index is 15.3. The highest BCUT2D eigenvalue weighted by Gasteiger charge is 2.59. The first-order valence-corrected chi connectivity index (χ1v) is 11.8. The van der Waals surface area contributed by atoms with Gasteiger partial charge in [-0.1, -0.05) is 5.92 Å². The maximum absolute atomic E-state index is 15.3. The van der Waals surface area contributed by atoms with Crippen molar-refractivity contribution in [2.75, 3.05) is 6.56 Å². The van der Waals surface area contributed by atoms with E-state index in [1.54, 1.807) is 4.98 Å². The minimum atomic E-state index is -6.11. The third-order valence-corrected chi connectivity index (χ3v) is 6.90. The lowest BCUT2D eigenvalue weighted by atomic mass is 9.97. The van der Waals surface area contributed by atoms with Gasteiger partial charge in [0, 0.05) is 0 Å². The van der Waals surface area contributed by atoms with Gasteiger partial charge in [0.05, 0.1) is 9.30 Å². The van der Waals surface area contributed by atoms with Crippen molar-refractivity contribution in [2.45, 2.75) is 24.1 Å². The average Bonchev–Trinajstić information content (AvgIpc) is 2.83. The van der Waals surface area contributed by atoms with Crippen LogP contribution in [0, 0.1) is 12.3 Å². The molecule has 1 aliphatic heterocycles. The highest BCUT2D eigenvalue weighted by Crippen LogP contribution is 2.66. The molecule has 1 saturated heterocycles. The van der Waals surface area contributed by atoms with Gasteiger partial charge >= 0.3 is 29.2 Å². The second-order valence-corrected chi connectivity index (χ2v) is 9.79. The summed E-state index contributed by atoms with van der Waals surface area (Å²) in [6.45, 7) is -3.81. The van der Waals surface area contributed by atoms with Gasteiger partial charge in [-0.2, -0.15) is 18.4 Å². The Labute approximate surface area is 172 Å². The van der Waals surface area contributed by atoms with Crippen LogP contribution < -0.4 is 11.2 Å². The molecule has 1 fully saturated rings. The van der Waals surface area contributed by atoms with Crippen molar-refractivity contribution in [1.82, 2.24) is 14.8 Å². The van der Waals surface area contributed by atoms with E-state index in [9.17, 15) is 33.3 Å². The summed E-state index contributed by atoms with van der Waals surface area (Å²) in [6, 6.07) is 0. The third kappa shape index (κ3) is 6.24. The number of aliphatic hydroxyl groups is 1. The lowest BCUT2D eigenvalue weighted by molar-refractivity contribution is -0.0603. The number of halogens is 1. The van der Waals surface area contributed by atoms with Gasteiger partial charge in [-0.05, 0) is 0 Å². The molecule has 174 valence electrons. The Morgan fingerprint density at radius 2 is 1.94 bits per heavy atom. The first-order chi connectivity index (χ1) is 14.7. The molecule has 1 aliphatic rings. The van der Waals surface area contributed by atoms with E-state index in [1.807, 2.05) is 0 Å². The summed E-state index contributed by atoms with van der Waals surface area (Å²) < 4.78 is 80.2. The van der Waals surface area contributed by atoms with Gasteiger partial charge in [-0.25, -0.2) is 22.9 Å². The second-order valence-electron chi connectivity index (χ2n) is 5.45. The van der Waals surface area contributed by atoms with Crippen LogP contribution in [0.1, 0.15) is 8.97 Å². The van der Waals surface area contributed by atoms with E-state index >= 15 is 4.39 Å². The van der Waals surface area contributed by atoms with Gasteiger partial charge in [0.25, 0.3) is 5.56 Å². The second kappa shape index (κ2) is 8.75. The Bertz CT molecular complexity index is 1230. The number of hydrogen-bond donors (Lipinski definition) is 6. The minimum Gasteiger partial charge on any atom is -0.386 e. The molecule has 6 atom stereocenters. The molecule has 0 spiro atoms. The van der Waals surface area contributed by atoms with Crippen molar-refractivity contribution in [2.24, 2.45) is 0 Å². The molecule has 3 unspecified atom stereocenters. The van der Waals surface area contributed by atoms with E-state index in [0.29, 0.717) is 6.20 Å². The summed E-state index contributed by atoms with van der Waals surface area (Å²) in [7, 11) is -17.9. The molecule has 1 aromatic rings. The first kappa shape index (κ1) is 22.6. The molecule has 21 heteroatoms. The van der Waals surface area contributed by atoms with Gasteiger partial charge in [0.1, 0.15) is 18.4 Å². The zero-order valence-electron chi connectivity index (χ0n) is 16.4. The molecule has 6 N–H and O–H groups in total. The summed E-state index contributed by atoms with van der Waals surface area (Å²) >= 11 is 0. The normalized spacial score (nSPS) is 31.7. The summed E-state index contributed by atoms with van der Waals surface area (Å²) in [4.78, 5) is 60.2. The largest absolute Gasteiger partial charge is 0.490 e. The van der Waals surface area contributed by atoms with Crippen LogP contribution in [0.4, 0.5) is 4.39 Å². The minimum absolute atomic E-state index is 0.0748. The van der Waals surface area contributed by atoms with Crippen molar-refractivity contribution in [3.8, 4) is 12.3 Å². The van der Waals surface area contributed by atoms with Crippen molar-refractivity contribution in [3.63, 3.8) is 0 Å². The van der Waals surface area contributed by atoms with Gasteiger partial charge in [-0.15, -0.1) is 6.42 Å². The molecular weight excluding hydrogens is 498 g/mol. The Morgan fingerprint density at radius 3 is 2.45 bits per heavy atom.